The number of benzene rings is 1. The Morgan fingerprint density at radius 2 is 2.11 bits per heavy atom. The van der Waals surface area contributed by atoms with Crippen molar-refractivity contribution in [1.82, 2.24) is 0 Å². The number of anilines is 1. The van der Waals surface area contributed by atoms with Crippen molar-refractivity contribution in [2.75, 3.05) is 19.0 Å². The van der Waals surface area contributed by atoms with E-state index in [2.05, 4.69) is 37.4 Å². The Morgan fingerprint density at radius 1 is 1.33 bits per heavy atom. The van der Waals surface area contributed by atoms with Gasteiger partial charge in [0.1, 0.15) is 5.75 Å². The summed E-state index contributed by atoms with van der Waals surface area (Å²) >= 11 is 0. The van der Waals surface area contributed by atoms with Crippen LogP contribution in [0.1, 0.15) is 31.7 Å². The molecule has 2 rings (SSSR count). The average molecular weight is 249 g/mol. The molecule has 1 aliphatic rings. The van der Waals surface area contributed by atoms with Gasteiger partial charge in [-0.3, -0.25) is 0 Å². The number of aryl methyl sites for hydroxylation is 1. The Labute approximate surface area is 109 Å². The van der Waals surface area contributed by atoms with Crippen LogP contribution in [0, 0.1) is 6.92 Å². The molecule has 0 heterocycles. The lowest BCUT2D eigenvalue weighted by Gasteiger charge is -2.35. The molecular weight excluding hydrogens is 226 g/mol. The summed E-state index contributed by atoms with van der Waals surface area (Å²) in [6, 6.07) is 6.85. The molecule has 0 radical (unpaired) electrons. The second kappa shape index (κ2) is 6.10. The third-order valence-corrected chi connectivity index (χ3v) is 3.39. The van der Waals surface area contributed by atoms with Crippen molar-refractivity contribution in [2.45, 2.75) is 45.3 Å². The second-order valence-corrected chi connectivity index (χ2v) is 5.02. The molecule has 0 bridgehead atoms. The van der Waals surface area contributed by atoms with Gasteiger partial charge in [-0.2, -0.15) is 0 Å². The Kier molecular flexibility index (Phi) is 4.48. The molecule has 0 amide bonds. The van der Waals surface area contributed by atoms with Crippen LogP contribution in [0.2, 0.25) is 0 Å². The normalized spacial score (nSPS) is 22.4. The van der Waals surface area contributed by atoms with Gasteiger partial charge in [0.15, 0.2) is 0 Å². The van der Waals surface area contributed by atoms with Gasteiger partial charge in [-0.1, -0.05) is 13.0 Å². The zero-order valence-corrected chi connectivity index (χ0v) is 11.5. The molecule has 0 spiro atoms. The number of rotatable bonds is 6. The second-order valence-electron chi connectivity index (χ2n) is 5.02. The maximum atomic E-state index is 5.80. The number of nitrogens with one attached hydrogen (secondary N) is 1. The molecule has 1 fully saturated rings. The lowest BCUT2D eigenvalue weighted by atomic mass is 9.89. The van der Waals surface area contributed by atoms with Crippen molar-refractivity contribution >= 4 is 5.69 Å². The Balaban J connectivity index is 1.98. The van der Waals surface area contributed by atoms with E-state index >= 15 is 0 Å². The topological polar surface area (TPSA) is 30.5 Å². The van der Waals surface area contributed by atoms with Crippen molar-refractivity contribution in [3.05, 3.63) is 23.8 Å². The highest BCUT2D eigenvalue weighted by atomic mass is 16.5. The molecule has 3 heteroatoms. The summed E-state index contributed by atoms with van der Waals surface area (Å²) in [5.74, 6) is 0.970. The van der Waals surface area contributed by atoms with Gasteiger partial charge in [0.25, 0.3) is 0 Å². The smallest absolute Gasteiger partial charge is 0.142 e. The zero-order chi connectivity index (χ0) is 13.0. The highest BCUT2D eigenvalue weighted by molar-refractivity contribution is 5.58. The summed E-state index contributed by atoms with van der Waals surface area (Å²) in [6.45, 7) is 4.98. The molecule has 0 saturated heterocycles. The lowest BCUT2D eigenvalue weighted by molar-refractivity contribution is 0.0328. The van der Waals surface area contributed by atoms with Gasteiger partial charge in [-0.05, 0) is 43.9 Å². The fourth-order valence-electron chi connectivity index (χ4n) is 2.18. The highest BCUT2D eigenvalue weighted by Crippen LogP contribution is 2.31. The van der Waals surface area contributed by atoms with Crippen LogP contribution in [-0.4, -0.2) is 25.9 Å². The van der Waals surface area contributed by atoms with Crippen LogP contribution in [0.5, 0.6) is 5.75 Å². The minimum absolute atomic E-state index is 0.424. The fourth-order valence-corrected chi connectivity index (χ4v) is 2.18. The van der Waals surface area contributed by atoms with Gasteiger partial charge in [0, 0.05) is 13.2 Å². The molecule has 3 nitrogen and oxygen atoms in total. The van der Waals surface area contributed by atoms with Crippen LogP contribution in [0.15, 0.2) is 18.2 Å². The zero-order valence-electron chi connectivity index (χ0n) is 11.5. The first kappa shape index (κ1) is 13.2. The van der Waals surface area contributed by atoms with E-state index in [1.54, 1.807) is 7.11 Å². The van der Waals surface area contributed by atoms with Crippen LogP contribution < -0.4 is 10.1 Å². The van der Waals surface area contributed by atoms with Crippen molar-refractivity contribution in [3.8, 4) is 5.75 Å². The maximum Gasteiger partial charge on any atom is 0.142 e. The standard InChI is InChI=1S/C15H23NO2/c1-4-7-18-15-8-11(2)5-6-14(15)16-12-9-13(10-12)17-3/h5-6,8,12-13,16H,4,7,9-10H2,1-3H3. The first-order valence-corrected chi connectivity index (χ1v) is 6.75. The summed E-state index contributed by atoms with van der Waals surface area (Å²) in [7, 11) is 1.78. The minimum atomic E-state index is 0.424. The molecule has 1 N–H and O–H groups in total. The van der Waals surface area contributed by atoms with E-state index in [0.717, 1.165) is 37.3 Å². The third-order valence-electron chi connectivity index (χ3n) is 3.39. The predicted molar refractivity (Wildman–Crippen MR) is 74.4 cm³/mol. The fraction of sp³-hybridized carbons (Fsp3) is 0.600. The van der Waals surface area contributed by atoms with Gasteiger partial charge < -0.3 is 14.8 Å². The summed E-state index contributed by atoms with van der Waals surface area (Å²) in [5.41, 5.74) is 2.34. The van der Waals surface area contributed by atoms with Gasteiger partial charge in [0.2, 0.25) is 0 Å². The van der Waals surface area contributed by atoms with Crippen LogP contribution in [0.3, 0.4) is 0 Å². The maximum absolute atomic E-state index is 5.80. The molecule has 1 aromatic rings. The molecule has 0 aliphatic heterocycles. The molecule has 0 atom stereocenters. The van der Waals surface area contributed by atoms with Crippen molar-refractivity contribution in [1.29, 1.82) is 0 Å². The molecule has 0 unspecified atom stereocenters. The van der Waals surface area contributed by atoms with Crippen LogP contribution >= 0.6 is 0 Å². The number of hydrogen-bond acceptors (Lipinski definition) is 3. The molecule has 1 saturated carbocycles. The van der Waals surface area contributed by atoms with E-state index < -0.39 is 0 Å². The van der Waals surface area contributed by atoms with E-state index in [9.17, 15) is 0 Å². The molecule has 1 aliphatic carbocycles. The van der Waals surface area contributed by atoms with Gasteiger partial charge in [0.05, 0.1) is 18.4 Å². The third kappa shape index (κ3) is 3.16. The highest BCUT2D eigenvalue weighted by Gasteiger charge is 2.29. The Bertz CT molecular complexity index is 386. The summed E-state index contributed by atoms with van der Waals surface area (Å²) < 4.78 is 11.1. The monoisotopic (exact) mass is 249 g/mol. The first-order chi connectivity index (χ1) is 8.72. The van der Waals surface area contributed by atoms with E-state index in [4.69, 9.17) is 9.47 Å². The Morgan fingerprint density at radius 3 is 2.78 bits per heavy atom. The number of methoxy groups -OCH3 is 1. The van der Waals surface area contributed by atoms with Crippen molar-refractivity contribution in [2.24, 2.45) is 0 Å². The molecule has 1 aromatic carbocycles. The van der Waals surface area contributed by atoms with Crippen LogP contribution in [0.4, 0.5) is 5.69 Å². The summed E-state index contributed by atoms with van der Waals surface area (Å²) in [5, 5.41) is 3.54. The lowest BCUT2D eigenvalue weighted by Crippen LogP contribution is -2.40. The molecular formula is C15H23NO2. The predicted octanol–water partition coefficient (Wildman–Crippen LogP) is 3.37. The van der Waals surface area contributed by atoms with E-state index in [-0.39, 0.29) is 0 Å². The minimum Gasteiger partial charge on any atom is -0.491 e. The SMILES string of the molecule is CCCOc1cc(C)ccc1NC1CC(OC)C1. The van der Waals surface area contributed by atoms with Crippen molar-refractivity contribution < 1.29 is 9.47 Å². The molecule has 100 valence electrons. The average Bonchev–Trinajstić information content (AvgIpc) is 2.32. The number of ether oxygens (including phenoxy) is 2. The quantitative estimate of drug-likeness (QED) is 0.838. The first-order valence-electron chi connectivity index (χ1n) is 6.75. The van der Waals surface area contributed by atoms with Gasteiger partial charge in [-0.25, -0.2) is 0 Å². The van der Waals surface area contributed by atoms with E-state index in [1.165, 1.54) is 5.56 Å². The van der Waals surface area contributed by atoms with E-state index in [1.807, 2.05) is 0 Å². The van der Waals surface area contributed by atoms with Gasteiger partial charge in [-0.15, -0.1) is 0 Å². The summed E-state index contributed by atoms with van der Waals surface area (Å²) in [6.07, 6.45) is 3.62. The number of hydrogen-bond donors (Lipinski definition) is 1. The van der Waals surface area contributed by atoms with Crippen LogP contribution in [0.25, 0.3) is 0 Å². The Hall–Kier alpha value is -1.22. The summed E-state index contributed by atoms with van der Waals surface area (Å²) in [4.78, 5) is 0. The molecule has 18 heavy (non-hydrogen) atoms. The largest absolute Gasteiger partial charge is 0.491 e. The molecule has 0 aromatic heterocycles. The van der Waals surface area contributed by atoms with Crippen molar-refractivity contribution in [3.63, 3.8) is 0 Å². The van der Waals surface area contributed by atoms with Crippen LogP contribution in [-0.2, 0) is 4.74 Å². The van der Waals surface area contributed by atoms with Gasteiger partial charge >= 0.3 is 0 Å². The van der Waals surface area contributed by atoms with E-state index in [0.29, 0.717) is 12.1 Å².